The molecule has 32 heavy (non-hydrogen) atoms. The number of carbonyl (C=O) groups is 2. The lowest BCUT2D eigenvalue weighted by Crippen LogP contribution is -2.27. The van der Waals surface area contributed by atoms with Gasteiger partial charge in [-0.3, -0.25) is 19.0 Å². The van der Waals surface area contributed by atoms with E-state index in [2.05, 4.69) is 10.3 Å². The van der Waals surface area contributed by atoms with Gasteiger partial charge in [0, 0.05) is 30.8 Å². The van der Waals surface area contributed by atoms with Gasteiger partial charge in [-0.1, -0.05) is 35.5 Å². The fraction of sp³-hybridized carbons (Fsp3) is 0.304. The second-order valence-corrected chi connectivity index (χ2v) is 8.95. The van der Waals surface area contributed by atoms with Crippen LogP contribution in [0.4, 0.5) is 5.69 Å². The summed E-state index contributed by atoms with van der Waals surface area (Å²) in [6, 6.07) is 11.8. The van der Waals surface area contributed by atoms with Crippen molar-refractivity contribution in [1.82, 2.24) is 9.55 Å². The largest absolute Gasteiger partial charge is 0.385 e. The molecule has 3 rings (SSSR count). The summed E-state index contributed by atoms with van der Waals surface area (Å²) in [6.07, 6.45) is 0.622. The van der Waals surface area contributed by atoms with Crippen LogP contribution in [0.15, 0.2) is 52.4 Å². The minimum Gasteiger partial charge on any atom is -0.385 e. The van der Waals surface area contributed by atoms with Gasteiger partial charge in [0.2, 0.25) is 5.91 Å². The highest BCUT2D eigenvalue weighted by atomic mass is 35.5. The molecule has 3 aromatic rings. The van der Waals surface area contributed by atoms with Crippen molar-refractivity contribution >= 4 is 51.6 Å². The van der Waals surface area contributed by atoms with Crippen molar-refractivity contribution in [3.8, 4) is 0 Å². The quantitative estimate of drug-likeness (QED) is 0.214. The maximum atomic E-state index is 13.1. The van der Waals surface area contributed by atoms with Gasteiger partial charge in [-0.2, -0.15) is 0 Å². The zero-order valence-electron chi connectivity index (χ0n) is 18.1. The number of anilines is 1. The number of ketones is 1. The van der Waals surface area contributed by atoms with Gasteiger partial charge in [-0.15, -0.1) is 0 Å². The molecule has 0 spiro atoms. The lowest BCUT2D eigenvalue weighted by atomic mass is 10.1. The van der Waals surface area contributed by atoms with E-state index < -0.39 is 5.25 Å². The number of nitrogens with one attached hydrogen (secondary N) is 1. The van der Waals surface area contributed by atoms with Crippen LogP contribution in [0.3, 0.4) is 0 Å². The third-order valence-electron chi connectivity index (χ3n) is 4.83. The Morgan fingerprint density at radius 1 is 1.25 bits per heavy atom. The smallest absolute Gasteiger partial charge is 0.262 e. The summed E-state index contributed by atoms with van der Waals surface area (Å²) in [5, 5.41) is 3.59. The highest BCUT2D eigenvalue weighted by Crippen LogP contribution is 2.26. The van der Waals surface area contributed by atoms with E-state index in [1.54, 1.807) is 61.1 Å². The average molecular weight is 474 g/mol. The second kappa shape index (κ2) is 10.8. The first kappa shape index (κ1) is 24.0. The number of para-hydroxylation sites is 1. The lowest BCUT2D eigenvalue weighted by molar-refractivity contribution is -0.115. The van der Waals surface area contributed by atoms with Gasteiger partial charge in [0.1, 0.15) is 0 Å². The predicted molar refractivity (Wildman–Crippen MR) is 128 cm³/mol. The normalized spacial score (nSPS) is 12.0. The Bertz CT molecular complexity index is 1210. The first-order chi connectivity index (χ1) is 15.3. The number of carbonyl (C=O) groups excluding carboxylic acids is 2. The second-order valence-electron chi connectivity index (χ2n) is 7.21. The summed E-state index contributed by atoms with van der Waals surface area (Å²) < 4.78 is 6.67. The van der Waals surface area contributed by atoms with Crippen LogP contribution in [-0.2, 0) is 16.1 Å². The van der Waals surface area contributed by atoms with E-state index in [4.69, 9.17) is 16.3 Å². The van der Waals surface area contributed by atoms with Crippen LogP contribution < -0.4 is 10.9 Å². The molecule has 9 heteroatoms. The van der Waals surface area contributed by atoms with Crippen molar-refractivity contribution in [3.05, 3.63) is 63.4 Å². The van der Waals surface area contributed by atoms with E-state index in [1.165, 1.54) is 18.7 Å². The highest BCUT2D eigenvalue weighted by Gasteiger charge is 2.21. The van der Waals surface area contributed by atoms with Gasteiger partial charge < -0.3 is 10.1 Å². The number of hydrogen-bond donors (Lipinski definition) is 1. The summed E-state index contributed by atoms with van der Waals surface area (Å²) in [6.45, 7) is 4.07. The number of halogens is 1. The number of thioether (sulfide) groups is 1. The molecular formula is C23H24ClN3O4S. The molecule has 1 unspecified atom stereocenters. The van der Waals surface area contributed by atoms with Gasteiger partial charge in [0.15, 0.2) is 10.9 Å². The van der Waals surface area contributed by atoms with Gasteiger partial charge in [0.25, 0.3) is 5.56 Å². The predicted octanol–water partition coefficient (Wildman–Crippen LogP) is 4.41. The first-order valence-electron chi connectivity index (χ1n) is 10.1. The molecule has 0 aliphatic carbocycles. The zero-order valence-corrected chi connectivity index (χ0v) is 19.6. The summed E-state index contributed by atoms with van der Waals surface area (Å²) >= 11 is 7.26. The van der Waals surface area contributed by atoms with E-state index >= 15 is 0 Å². The Labute approximate surface area is 195 Å². The van der Waals surface area contributed by atoms with E-state index in [9.17, 15) is 14.4 Å². The summed E-state index contributed by atoms with van der Waals surface area (Å²) in [5.74, 6) is -0.436. The minimum absolute atomic E-state index is 0.138. The molecule has 1 atom stereocenters. The van der Waals surface area contributed by atoms with Crippen LogP contribution >= 0.6 is 23.4 Å². The molecule has 1 heterocycles. The van der Waals surface area contributed by atoms with Gasteiger partial charge in [0.05, 0.1) is 21.8 Å². The van der Waals surface area contributed by atoms with Crippen molar-refractivity contribution < 1.29 is 14.3 Å². The molecule has 0 bridgehead atoms. The molecule has 0 radical (unpaired) electrons. The van der Waals surface area contributed by atoms with Gasteiger partial charge in [-0.25, -0.2) is 4.98 Å². The highest BCUT2D eigenvalue weighted by molar-refractivity contribution is 8.00. The summed E-state index contributed by atoms with van der Waals surface area (Å²) in [7, 11) is 1.60. The van der Waals surface area contributed by atoms with E-state index in [1.807, 2.05) is 0 Å². The Kier molecular flexibility index (Phi) is 8.06. The monoisotopic (exact) mass is 473 g/mol. The Balaban J connectivity index is 1.90. The number of ether oxygens (including phenoxy) is 1. The van der Waals surface area contributed by atoms with Crippen LogP contribution in [0.1, 0.15) is 30.6 Å². The number of fused-ring (bicyclic) bond motifs is 1. The van der Waals surface area contributed by atoms with Crippen molar-refractivity contribution in [2.45, 2.75) is 37.2 Å². The molecule has 2 aromatic carbocycles. The van der Waals surface area contributed by atoms with Crippen LogP contribution in [0, 0.1) is 0 Å². The molecule has 0 saturated carbocycles. The van der Waals surface area contributed by atoms with Crippen LogP contribution in [0.2, 0.25) is 5.02 Å². The van der Waals surface area contributed by atoms with E-state index in [0.29, 0.717) is 51.9 Å². The number of aromatic nitrogens is 2. The molecule has 168 valence electrons. The molecule has 1 amide bonds. The van der Waals surface area contributed by atoms with Crippen molar-refractivity contribution in [2.75, 3.05) is 19.0 Å². The molecule has 1 N–H and O–H groups in total. The Morgan fingerprint density at radius 3 is 2.72 bits per heavy atom. The zero-order chi connectivity index (χ0) is 23.3. The third kappa shape index (κ3) is 5.56. The fourth-order valence-corrected chi connectivity index (χ4v) is 4.27. The summed E-state index contributed by atoms with van der Waals surface area (Å²) in [4.78, 5) is 42.4. The number of hydrogen-bond acceptors (Lipinski definition) is 6. The standard InChI is InChI=1S/C23H24ClN3O4S/c1-14(28)17-7-4-5-8-19(17)25-21(29)15(2)32-23-26-20-13-16(24)9-10-18(20)22(30)27(23)11-6-12-31-3/h4-5,7-10,13,15H,6,11-12H2,1-3H3,(H,25,29). The molecular weight excluding hydrogens is 450 g/mol. The molecule has 0 aliphatic rings. The maximum Gasteiger partial charge on any atom is 0.262 e. The van der Waals surface area contributed by atoms with Crippen molar-refractivity contribution in [2.24, 2.45) is 0 Å². The first-order valence-corrected chi connectivity index (χ1v) is 11.3. The topological polar surface area (TPSA) is 90.3 Å². The van der Waals surface area contributed by atoms with Gasteiger partial charge in [-0.05, 0) is 50.6 Å². The number of rotatable bonds is 9. The van der Waals surface area contributed by atoms with E-state index in [-0.39, 0.29) is 17.2 Å². The summed E-state index contributed by atoms with van der Waals surface area (Å²) in [5.41, 5.74) is 1.17. The maximum absolute atomic E-state index is 13.1. The van der Waals surface area contributed by atoms with Crippen LogP contribution in [0.5, 0.6) is 0 Å². The molecule has 0 fully saturated rings. The number of nitrogens with zero attached hydrogens (tertiary/aromatic N) is 2. The molecule has 0 aliphatic heterocycles. The van der Waals surface area contributed by atoms with Crippen LogP contribution in [0.25, 0.3) is 10.9 Å². The van der Waals surface area contributed by atoms with Crippen molar-refractivity contribution in [1.29, 1.82) is 0 Å². The minimum atomic E-state index is -0.577. The fourth-order valence-electron chi connectivity index (χ4n) is 3.17. The van der Waals surface area contributed by atoms with Crippen LogP contribution in [-0.4, -0.2) is 40.2 Å². The third-order valence-corrected chi connectivity index (χ3v) is 6.15. The lowest BCUT2D eigenvalue weighted by Gasteiger charge is -2.17. The Morgan fingerprint density at radius 2 is 2.00 bits per heavy atom. The number of amides is 1. The Hall–Kier alpha value is -2.68. The SMILES string of the molecule is COCCCn1c(SC(C)C(=O)Nc2ccccc2C(C)=O)nc2cc(Cl)ccc2c1=O. The average Bonchev–Trinajstić information content (AvgIpc) is 2.75. The van der Waals surface area contributed by atoms with E-state index in [0.717, 1.165) is 0 Å². The number of benzene rings is 2. The number of methoxy groups -OCH3 is 1. The van der Waals surface area contributed by atoms with Gasteiger partial charge >= 0.3 is 0 Å². The number of Topliss-reactive ketones (excluding diaryl/α,β-unsaturated/α-hetero) is 1. The molecule has 1 aromatic heterocycles. The molecule has 7 nitrogen and oxygen atoms in total. The van der Waals surface area contributed by atoms with Crippen molar-refractivity contribution in [3.63, 3.8) is 0 Å². The molecule has 0 saturated heterocycles.